The lowest BCUT2D eigenvalue weighted by Crippen LogP contribution is -2.54. The second-order valence-electron chi connectivity index (χ2n) is 6.27. The van der Waals surface area contributed by atoms with Gasteiger partial charge in [0.25, 0.3) is 0 Å². The average molecular weight is 297 g/mol. The summed E-state index contributed by atoms with van der Waals surface area (Å²) in [5.41, 5.74) is 5.92. The first-order valence-corrected chi connectivity index (χ1v) is 8.15. The summed E-state index contributed by atoms with van der Waals surface area (Å²) in [6.45, 7) is 5.28. The van der Waals surface area contributed by atoms with Crippen molar-refractivity contribution in [2.45, 2.75) is 45.6 Å². The van der Waals surface area contributed by atoms with E-state index < -0.39 is 10.0 Å². The molecular weight excluding hydrogens is 272 g/mol. The zero-order valence-electron chi connectivity index (χ0n) is 11.3. The van der Waals surface area contributed by atoms with Crippen molar-refractivity contribution in [1.29, 1.82) is 0 Å². The summed E-state index contributed by atoms with van der Waals surface area (Å²) in [5.74, 6) is 0.994. The third kappa shape index (κ3) is 3.83. The number of piperidine rings is 1. The molecule has 2 aliphatic rings. The van der Waals surface area contributed by atoms with Crippen LogP contribution in [0.15, 0.2) is 0 Å². The lowest BCUT2D eigenvalue weighted by Gasteiger charge is -2.41. The number of nitrogens with zero attached hydrogens (tertiary/aromatic N) is 1. The van der Waals surface area contributed by atoms with Gasteiger partial charge in [0.2, 0.25) is 10.0 Å². The van der Waals surface area contributed by atoms with Crippen molar-refractivity contribution in [2.75, 3.05) is 18.8 Å². The Morgan fingerprint density at radius 3 is 2.39 bits per heavy atom. The molecule has 1 aliphatic heterocycles. The molecule has 2 fully saturated rings. The number of nitrogens with two attached hydrogens (primary N) is 1. The zero-order chi connectivity index (χ0) is 12.7. The van der Waals surface area contributed by atoms with Crippen molar-refractivity contribution in [3.05, 3.63) is 0 Å². The standard InChI is InChI=1S/C12H24N2O2S.ClH/c1-12(2)9-14(7-5-11(12)13)17(15,16)8-6-10-3-4-10;/h10-11H,3-9,13H2,1-2H3;1H. The summed E-state index contributed by atoms with van der Waals surface area (Å²) in [4.78, 5) is 0. The minimum Gasteiger partial charge on any atom is -0.327 e. The minimum absolute atomic E-state index is 0. The fourth-order valence-corrected chi connectivity index (χ4v) is 4.22. The maximum Gasteiger partial charge on any atom is 0.214 e. The summed E-state index contributed by atoms with van der Waals surface area (Å²) in [6, 6.07) is 0.109. The molecule has 18 heavy (non-hydrogen) atoms. The summed E-state index contributed by atoms with van der Waals surface area (Å²) in [7, 11) is -3.06. The first kappa shape index (κ1) is 16.2. The Balaban J connectivity index is 0.00000162. The van der Waals surface area contributed by atoms with Crippen LogP contribution in [0.2, 0.25) is 0 Å². The second-order valence-corrected chi connectivity index (χ2v) is 8.35. The van der Waals surface area contributed by atoms with Gasteiger partial charge in [-0.15, -0.1) is 12.4 Å². The molecule has 4 nitrogen and oxygen atoms in total. The van der Waals surface area contributed by atoms with Crippen LogP contribution >= 0.6 is 12.4 Å². The van der Waals surface area contributed by atoms with E-state index in [1.54, 1.807) is 4.31 Å². The maximum absolute atomic E-state index is 12.2. The highest BCUT2D eigenvalue weighted by atomic mass is 35.5. The van der Waals surface area contributed by atoms with Crippen molar-refractivity contribution in [3.63, 3.8) is 0 Å². The highest BCUT2D eigenvalue weighted by molar-refractivity contribution is 7.89. The molecule has 108 valence electrons. The molecule has 2 N–H and O–H groups in total. The van der Waals surface area contributed by atoms with E-state index in [9.17, 15) is 8.42 Å². The van der Waals surface area contributed by atoms with Gasteiger partial charge >= 0.3 is 0 Å². The Hall–Kier alpha value is 0.160. The Morgan fingerprint density at radius 2 is 1.89 bits per heavy atom. The van der Waals surface area contributed by atoms with Crippen LogP contribution in [-0.2, 0) is 10.0 Å². The van der Waals surface area contributed by atoms with E-state index in [4.69, 9.17) is 5.73 Å². The van der Waals surface area contributed by atoms with Crippen molar-refractivity contribution >= 4 is 22.4 Å². The summed E-state index contributed by atoms with van der Waals surface area (Å²) >= 11 is 0. The quantitative estimate of drug-likeness (QED) is 0.857. The van der Waals surface area contributed by atoms with Crippen molar-refractivity contribution in [3.8, 4) is 0 Å². The molecule has 0 aromatic rings. The third-order valence-corrected chi connectivity index (χ3v) is 6.00. The highest BCUT2D eigenvalue weighted by Gasteiger charge is 2.38. The van der Waals surface area contributed by atoms with Gasteiger partial charge in [-0.2, -0.15) is 0 Å². The van der Waals surface area contributed by atoms with Crippen LogP contribution in [0.1, 0.15) is 39.5 Å². The van der Waals surface area contributed by atoms with E-state index in [0.717, 1.165) is 12.8 Å². The van der Waals surface area contributed by atoms with Gasteiger partial charge < -0.3 is 5.73 Å². The number of halogens is 1. The van der Waals surface area contributed by atoms with E-state index in [0.29, 0.717) is 24.8 Å². The lowest BCUT2D eigenvalue weighted by atomic mass is 9.81. The van der Waals surface area contributed by atoms with Crippen molar-refractivity contribution < 1.29 is 8.42 Å². The summed E-state index contributed by atoms with van der Waals surface area (Å²) in [6.07, 6.45) is 4.04. The molecule has 6 heteroatoms. The predicted molar refractivity (Wildman–Crippen MR) is 76.3 cm³/mol. The number of hydrogen-bond donors (Lipinski definition) is 1. The van der Waals surface area contributed by atoms with E-state index in [1.807, 2.05) is 0 Å². The zero-order valence-corrected chi connectivity index (χ0v) is 12.9. The van der Waals surface area contributed by atoms with Gasteiger partial charge in [-0.3, -0.25) is 0 Å². The Morgan fingerprint density at radius 1 is 1.28 bits per heavy atom. The van der Waals surface area contributed by atoms with Gasteiger partial charge in [-0.25, -0.2) is 12.7 Å². The van der Waals surface area contributed by atoms with Gasteiger partial charge in [0.05, 0.1) is 5.75 Å². The van der Waals surface area contributed by atoms with Gasteiger partial charge in [-0.1, -0.05) is 26.7 Å². The molecule has 0 amide bonds. The van der Waals surface area contributed by atoms with Gasteiger partial charge in [0.15, 0.2) is 0 Å². The van der Waals surface area contributed by atoms with Crippen molar-refractivity contribution in [1.82, 2.24) is 4.31 Å². The van der Waals surface area contributed by atoms with Gasteiger partial charge in [0.1, 0.15) is 0 Å². The van der Waals surface area contributed by atoms with E-state index in [2.05, 4.69) is 13.8 Å². The summed E-state index contributed by atoms with van der Waals surface area (Å²) < 4.78 is 26.0. The van der Waals surface area contributed by atoms with Crippen LogP contribution in [-0.4, -0.2) is 37.6 Å². The number of hydrogen-bond acceptors (Lipinski definition) is 3. The SMILES string of the molecule is CC1(C)CN(S(=O)(=O)CCC2CC2)CCC1N.Cl. The molecular formula is C12H25ClN2O2S. The Labute approximate surface area is 117 Å². The molecule has 0 bridgehead atoms. The smallest absolute Gasteiger partial charge is 0.214 e. The highest BCUT2D eigenvalue weighted by Crippen LogP contribution is 2.34. The number of sulfonamides is 1. The number of rotatable bonds is 4. The molecule has 1 aliphatic carbocycles. The van der Waals surface area contributed by atoms with Crippen LogP contribution < -0.4 is 5.73 Å². The van der Waals surface area contributed by atoms with Crippen molar-refractivity contribution in [2.24, 2.45) is 17.1 Å². The normalized spacial score (nSPS) is 28.7. The van der Waals surface area contributed by atoms with Crippen LogP contribution in [0.5, 0.6) is 0 Å². The molecule has 1 heterocycles. The molecule has 0 radical (unpaired) electrons. The molecule has 0 aromatic carbocycles. The lowest BCUT2D eigenvalue weighted by molar-refractivity contribution is 0.155. The maximum atomic E-state index is 12.2. The molecule has 1 unspecified atom stereocenters. The van der Waals surface area contributed by atoms with Gasteiger partial charge in [-0.05, 0) is 24.2 Å². The monoisotopic (exact) mass is 296 g/mol. The van der Waals surface area contributed by atoms with E-state index in [1.165, 1.54) is 12.8 Å². The van der Waals surface area contributed by atoms with E-state index in [-0.39, 0.29) is 23.9 Å². The Bertz CT molecular complexity index is 380. The molecule has 1 saturated carbocycles. The largest absolute Gasteiger partial charge is 0.327 e. The Kier molecular flexibility index (Phi) is 5.09. The predicted octanol–water partition coefficient (Wildman–Crippen LogP) is 1.60. The third-order valence-electron chi connectivity index (χ3n) is 4.15. The molecule has 0 spiro atoms. The molecule has 1 saturated heterocycles. The molecule has 2 rings (SSSR count). The second kappa shape index (κ2) is 5.65. The van der Waals surface area contributed by atoms with Crippen LogP contribution in [0.4, 0.5) is 0 Å². The fourth-order valence-electron chi connectivity index (χ4n) is 2.41. The first-order valence-electron chi connectivity index (χ1n) is 6.55. The fraction of sp³-hybridized carbons (Fsp3) is 1.00. The minimum atomic E-state index is -3.06. The van der Waals surface area contributed by atoms with Crippen LogP contribution in [0.3, 0.4) is 0 Å². The summed E-state index contributed by atoms with van der Waals surface area (Å²) in [5, 5.41) is 0. The molecule has 1 atom stereocenters. The van der Waals surface area contributed by atoms with Crippen LogP contribution in [0.25, 0.3) is 0 Å². The first-order chi connectivity index (χ1) is 7.81. The van der Waals surface area contributed by atoms with Gasteiger partial charge in [0, 0.05) is 19.1 Å². The topological polar surface area (TPSA) is 63.4 Å². The molecule has 0 aromatic heterocycles. The average Bonchev–Trinajstić information content (AvgIpc) is 3.03. The van der Waals surface area contributed by atoms with E-state index >= 15 is 0 Å². The van der Waals surface area contributed by atoms with Crippen LogP contribution in [0, 0.1) is 11.3 Å².